The van der Waals surface area contributed by atoms with Gasteiger partial charge in [-0.15, -0.1) is 0 Å². The summed E-state index contributed by atoms with van der Waals surface area (Å²) in [5.74, 6) is -2.23. The average molecular weight is 403 g/mol. The number of hydrogen-bond acceptors (Lipinski definition) is 6. The molecule has 1 heterocycles. The van der Waals surface area contributed by atoms with E-state index in [0.29, 0.717) is 10.7 Å². The Hall–Kier alpha value is -3.30. The van der Waals surface area contributed by atoms with E-state index in [4.69, 9.17) is 23.8 Å². The zero-order valence-electron chi connectivity index (χ0n) is 13.3. The Morgan fingerprint density at radius 1 is 1.15 bits per heavy atom. The van der Waals surface area contributed by atoms with Crippen LogP contribution < -0.4 is 15.3 Å². The van der Waals surface area contributed by atoms with Crippen molar-refractivity contribution in [2.24, 2.45) is 0 Å². The summed E-state index contributed by atoms with van der Waals surface area (Å²) < 4.78 is 0. The molecule has 1 fully saturated rings. The fraction of sp³-hybridized carbons (Fsp3) is 0. The number of hydrogen-bond donors (Lipinski definition) is 1. The fourth-order valence-corrected chi connectivity index (χ4v) is 2.82. The van der Waals surface area contributed by atoms with Gasteiger partial charge in [-0.05, 0) is 53.9 Å². The zero-order valence-corrected chi connectivity index (χ0v) is 14.9. The van der Waals surface area contributed by atoms with Gasteiger partial charge in [0.25, 0.3) is 17.5 Å². The van der Waals surface area contributed by atoms with Crippen LogP contribution in [0.15, 0.2) is 48.0 Å². The van der Waals surface area contributed by atoms with Gasteiger partial charge in [-0.1, -0.05) is 23.7 Å². The van der Waals surface area contributed by atoms with Crippen molar-refractivity contribution in [1.82, 2.24) is 5.32 Å². The number of rotatable bonds is 3. The van der Waals surface area contributed by atoms with Gasteiger partial charge >= 0.3 is 0 Å². The maximum atomic E-state index is 12.8. The second-order valence-corrected chi connectivity index (χ2v) is 6.24. The topological polar surface area (TPSA) is 116 Å². The standard InChI is InChI=1S/C17H10ClN3O5S/c18-10-2-4-11(5-3-10)20-16(24)12(15(23)19-17(20)27)7-9-1-6-14(22)13(8-9)21(25)26/h1-8,22H,(H,19,23,27)/p-1/b12-7+. The van der Waals surface area contributed by atoms with Crippen LogP contribution in [0.25, 0.3) is 6.08 Å². The van der Waals surface area contributed by atoms with Crippen molar-refractivity contribution in [3.63, 3.8) is 0 Å². The van der Waals surface area contributed by atoms with Crippen LogP contribution in [0.4, 0.5) is 11.4 Å². The highest BCUT2D eigenvalue weighted by Gasteiger charge is 2.34. The van der Waals surface area contributed by atoms with Crippen molar-refractivity contribution in [2.75, 3.05) is 4.90 Å². The minimum atomic E-state index is -0.831. The summed E-state index contributed by atoms with van der Waals surface area (Å²) in [7, 11) is 0. The summed E-state index contributed by atoms with van der Waals surface area (Å²) >= 11 is 10.9. The van der Waals surface area contributed by atoms with Gasteiger partial charge in [0.2, 0.25) is 0 Å². The van der Waals surface area contributed by atoms with E-state index < -0.39 is 28.2 Å². The molecule has 10 heteroatoms. The highest BCUT2D eigenvalue weighted by molar-refractivity contribution is 7.80. The zero-order chi connectivity index (χ0) is 19.7. The Labute approximate surface area is 162 Å². The highest BCUT2D eigenvalue weighted by atomic mass is 35.5. The molecule has 1 aliphatic rings. The molecule has 2 aromatic rings. The number of anilines is 1. The summed E-state index contributed by atoms with van der Waals surface area (Å²) in [5.41, 5.74) is -0.394. The largest absolute Gasteiger partial charge is 0.868 e. The molecule has 0 atom stereocenters. The lowest BCUT2D eigenvalue weighted by Gasteiger charge is -2.29. The summed E-state index contributed by atoms with van der Waals surface area (Å²) in [6, 6.07) is 9.50. The van der Waals surface area contributed by atoms with Crippen LogP contribution in [0.5, 0.6) is 5.75 Å². The molecular weight excluding hydrogens is 394 g/mol. The van der Waals surface area contributed by atoms with Gasteiger partial charge in [0.05, 0.1) is 10.6 Å². The maximum Gasteiger partial charge on any atom is 0.270 e. The minimum absolute atomic E-state index is 0.106. The van der Waals surface area contributed by atoms with Crippen LogP contribution in [0, 0.1) is 10.1 Å². The van der Waals surface area contributed by atoms with Gasteiger partial charge in [-0.25, -0.2) is 0 Å². The van der Waals surface area contributed by atoms with E-state index in [1.165, 1.54) is 6.07 Å². The van der Waals surface area contributed by atoms with E-state index in [2.05, 4.69) is 5.32 Å². The first-order valence-corrected chi connectivity index (χ1v) is 8.19. The number of thiocarbonyl (C=S) groups is 1. The van der Waals surface area contributed by atoms with Crippen LogP contribution in [0.2, 0.25) is 5.02 Å². The Kier molecular flexibility index (Phi) is 4.89. The van der Waals surface area contributed by atoms with E-state index in [-0.39, 0.29) is 16.2 Å². The summed E-state index contributed by atoms with van der Waals surface area (Å²) in [4.78, 5) is 36.2. The summed E-state index contributed by atoms with van der Waals surface area (Å²) in [6.07, 6.45) is 1.16. The molecule has 2 aromatic carbocycles. The molecule has 3 rings (SSSR count). The molecule has 1 N–H and O–H groups in total. The number of nitro groups is 1. The molecule has 1 saturated heterocycles. The van der Waals surface area contributed by atoms with E-state index in [0.717, 1.165) is 23.1 Å². The number of nitro benzene ring substituents is 1. The first-order chi connectivity index (χ1) is 12.8. The van der Waals surface area contributed by atoms with E-state index in [1.54, 1.807) is 24.3 Å². The first kappa shape index (κ1) is 18.5. The Morgan fingerprint density at radius 2 is 1.81 bits per heavy atom. The molecule has 0 unspecified atom stereocenters. The molecule has 0 spiro atoms. The first-order valence-electron chi connectivity index (χ1n) is 7.40. The fourth-order valence-electron chi connectivity index (χ4n) is 2.42. The predicted octanol–water partition coefficient (Wildman–Crippen LogP) is 2.15. The third-order valence-corrected chi connectivity index (χ3v) is 4.21. The quantitative estimate of drug-likeness (QED) is 0.276. The molecule has 2 amide bonds. The van der Waals surface area contributed by atoms with Gasteiger partial charge < -0.3 is 5.11 Å². The van der Waals surface area contributed by atoms with Gasteiger partial charge in [-0.2, -0.15) is 0 Å². The predicted molar refractivity (Wildman–Crippen MR) is 100 cm³/mol. The number of benzene rings is 2. The average Bonchev–Trinajstić information content (AvgIpc) is 2.61. The molecule has 0 radical (unpaired) electrons. The van der Waals surface area contributed by atoms with Crippen LogP contribution >= 0.6 is 23.8 Å². The monoisotopic (exact) mass is 402 g/mol. The Balaban J connectivity index is 2.03. The van der Waals surface area contributed by atoms with Gasteiger partial charge in [0, 0.05) is 11.1 Å². The maximum absolute atomic E-state index is 12.8. The summed E-state index contributed by atoms with van der Waals surface area (Å²) in [6.45, 7) is 0. The van der Waals surface area contributed by atoms with Crippen LogP contribution in [-0.4, -0.2) is 21.9 Å². The van der Waals surface area contributed by atoms with Crippen molar-refractivity contribution < 1.29 is 19.6 Å². The van der Waals surface area contributed by atoms with Gasteiger partial charge in [-0.3, -0.25) is 29.9 Å². The Bertz CT molecular complexity index is 1020. The van der Waals surface area contributed by atoms with Gasteiger partial charge in [0.15, 0.2) is 5.11 Å². The number of nitrogens with one attached hydrogen (secondary N) is 1. The SMILES string of the molecule is O=C1NC(=S)N(c2ccc(Cl)cc2)C(=O)/C1=C/c1ccc([O-])c([N+](=O)[O-])c1. The smallest absolute Gasteiger partial charge is 0.270 e. The normalized spacial score (nSPS) is 15.8. The molecule has 0 aromatic heterocycles. The second-order valence-electron chi connectivity index (χ2n) is 5.42. The third kappa shape index (κ3) is 3.64. The van der Waals surface area contributed by atoms with Crippen molar-refractivity contribution in [3.05, 3.63) is 68.7 Å². The molecule has 27 heavy (non-hydrogen) atoms. The number of nitrogens with zero attached hydrogens (tertiary/aromatic N) is 2. The molecule has 0 bridgehead atoms. The van der Waals surface area contributed by atoms with Crippen molar-refractivity contribution in [3.8, 4) is 5.75 Å². The molecule has 8 nitrogen and oxygen atoms in total. The van der Waals surface area contributed by atoms with E-state index in [1.807, 2.05) is 0 Å². The van der Waals surface area contributed by atoms with E-state index in [9.17, 15) is 24.8 Å². The molecule has 136 valence electrons. The third-order valence-electron chi connectivity index (χ3n) is 3.68. The molecular formula is C17H9ClN3O5S-. The Morgan fingerprint density at radius 3 is 2.44 bits per heavy atom. The van der Waals surface area contributed by atoms with Crippen molar-refractivity contribution in [2.45, 2.75) is 0 Å². The number of carbonyl (C=O) groups excluding carboxylic acids is 2. The number of halogens is 1. The molecule has 1 aliphatic heterocycles. The lowest BCUT2D eigenvalue weighted by atomic mass is 10.1. The van der Waals surface area contributed by atoms with Crippen LogP contribution in [0.3, 0.4) is 0 Å². The molecule has 0 saturated carbocycles. The van der Waals surface area contributed by atoms with Crippen molar-refractivity contribution in [1.29, 1.82) is 0 Å². The second kappa shape index (κ2) is 7.14. The summed E-state index contributed by atoms with van der Waals surface area (Å²) in [5, 5.41) is 25.1. The highest BCUT2D eigenvalue weighted by Crippen LogP contribution is 2.27. The van der Waals surface area contributed by atoms with Crippen LogP contribution in [-0.2, 0) is 9.59 Å². The lowest BCUT2D eigenvalue weighted by Crippen LogP contribution is -2.54. The minimum Gasteiger partial charge on any atom is -0.868 e. The van der Waals surface area contributed by atoms with Crippen molar-refractivity contribution >= 4 is 58.2 Å². The lowest BCUT2D eigenvalue weighted by molar-refractivity contribution is -0.398. The number of carbonyl (C=O) groups is 2. The van der Waals surface area contributed by atoms with Crippen LogP contribution in [0.1, 0.15) is 5.56 Å². The van der Waals surface area contributed by atoms with E-state index >= 15 is 0 Å². The van der Waals surface area contributed by atoms with Gasteiger partial charge in [0.1, 0.15) is 5.57 Å². The number of amides is 2. The molecule has 0 aliphatic carbocycles.